The second-order valence-electron chi connectivity index (χ2n) is 9.51. The van der Waals surface area contributed by atoms with Gasteiger partial charge in [-0.2, -0.15) is 0 Å². The molecule has 0 bridgehead atoms. The van der Waals surface area contributed by atoms with Crippen LogP contribution in [0.5, 0.6) is 11.5 Å². The highest BCUT2D eigenvalue weighted by Crippen LogP contribution is 2.40. The summed E-state index contributed by atoms with van der Waals surface area (Å²) in [6, 6.07) is 25.5. The zero-order valence-corrected chi connectivity index (χ0v) is 21.8. The van der Waals surface area contributed by atoms with Gasteiger partial charge in [0.05, 0.1) is 13.2 Å². The molecular weight excluding hydrogens is 504 g/mol. The number of halogens is 1. The van der Waals surface area contributed by atoms with Crippen molar-refractivity contribution in [3.8, 4) is 11.5 Å². The van der Waals surface area contributed by atoms with Crippen molar-refractivity contribution in [2.45, 2.75) is 63.4 Å². The molecular formula is C30H33BrO4. The molecule has 0 radical (unpaired) electrons. The van der Waals surface area contributed by atoms with E-state index < -0.39 is 0 Å². The van der Waals surface area contributed by atoms with Crippen LogP contribution in [-0.2, 0) is 14.9 Å². The molecule has 2 heterocycles. The van der Waals surface area contributed by atoms with Crippen molar-refractivity contribution >= 4 is 15.9 Å². The van der Waals surface area contributed by atoms with Gasteiger partial charge in [-0.25, -0.2) is 0 Å². The molecule has 2 fully saturated rings. The van der Waals surface area contributed by atoms with Crippen molar-refractivity contribution in [3.05, 3.63) is 94.0 Å². The van der Waals surface area contributed by atoms with Crippen molar-refractivity contribution in [1.82, 2.24) is 0 Å². The van der Waals surface area contributed by atoms with Gasteiger partial charge in [0.2, 0.25) is 0 Å². The summed E-state index contributed by atoms with van der Waals surface area (Å²) in [7, 11) is 0. The lowest BCUT2D eigenvalue weighted by molar-refractivity contribution is -0.106. The highest BCUT2D eigenvalue weighted by atomic mass is 79.9. The van der Waals surface area contributed by atoms with Crippen LogP contribution in [0.1, 0.15) is 62.1 Å². The molecule has 0 saturated carbocycles. The van der Waals surface area contributed by atoms with Gasteiger partial charge in [-0.3, -0.25) is 0 Å². The minimum Gasteiger partial charge on any atom is -0.465 e. The van der Waals surface area contributed by atoms with Crippen molar-refractivity contribution in [1.29, 1.82) is 0 Å². The summed E-state index contributed by atoms with van der Waals surface area (Å²) in [6.45, 7) is 3.82. The summed E-state index contributed by atoms with van der Waals surface area (Å²) in [6.07, 6.45) is 6.12. The van der Waals surface area contributed by atoms with Crippen molar-refractivity contribution in [3.63, 3.8) is 0 Å². The lowest BCUT2D eigenvalue weighted by atomic mass is 9.71. The Morgan fingerprint density at radius 3 is 1.40 bits per heavy atom. The number of benzene rings is 3. The van der Waals surface area contributed by atoms with Crippen LogP contribution in [0.15, 0.2) is 77.3 Å². The van der Waals surface area contributed by atoms with Gasteiger partial charge in [-0.1, -0.05) is 52.3 Å². The Labute approximate surface area is 216 Å². The molecule has 0 amide bonds. The average Bonchev–Trinajstić information content (AvgIpc) is 2.91. The Balaban J connectivity index is 1.42. The second-order valence-corrected chi connectivity index (χ2v) is 10.4. The number of hydrogen-bond donors (Lipinski definition) is 0. The number of rotatable bonds is 7. The van der Waals surface area contributed by atoms with Crippen molar-refractivity contribution < 1.29 is 18.9 Å². The lowest BCUT2D eigenvalue weighted by Gasteiger charge is -2.32. The first-order valence-corrected chi connectivity index (χ1v) is 13.4. The molecule has 2 atom stereocenters. The smallest absolute Gasteiger partial charge is 0.199 e. The highest BCUT2D eigenvalue weighted by Gasteiger charge is 2.31. The molecule has 3 aromatic rings. The van der Waals surface area contributed by atoms with Crippen LogP contribution in [0.25, 0.3) is 0 Å². The maximum atomic E-state index is 6.08. The van der Waals surface area contributed by atoms with Crippen LogP contribution >= 0.6 is 15.9 Å². The van der Waals surface area contributed by atoms with E-state index in [1.165, 1.54) is 16.7 Å². The topological polar surface area (TPSA) is 36.9 Å². The Kier molecular flexibility index (Phi) is 7.76. The van der Waals surface area contributed by atoms with Gasteiger partial charge < -0.3 is 18.9 Å². The quantitative estimate of drug-likeness (QED) is 0.291. The van der Waals surface area contributed by atoms with Crippen LogP contribution < -0.4 is 9.47 Å². The predicted molar refractivity (Wildman–Crippen MR) is 141 cm³/mol. The first-order valence-electron chi connectivity index (χ1n) is 12.6. The zero-order chi connectivity index (χ0) is 24.1. The van der Waals surface area contributed by atoms with Gasteiger partial charge in [0, 0.05) is 22.7 Å². The first-order chi connectivity index (χ1) is 17.1. The van der Waals surface area contributed by atoms with Gasteiger partial charge in [-0.15, -0.1) is 0 Å². The molecule has 0 aromatic heterocycles. The van der Waals surface area contributed by atoms with E-state index in [4.69, 9.17) is 18.9 Å². The van der Waals surface area contributed by atoms with E-state index in [2.05, 4.69) is 95.7 Å². The average molecular weight is 537 g/mol. The highest BCUT2D eigenvalue weighted by molar-refractivity contribution is 9.10. The van der Waals surface area contributed by atoms with E-state index in [0.29, 0.717) is 0 Å². The molecule has 184 valence electrons. The molecule has 2 aliphatic heterocycles. The molecule has 2 aliphatic rings. The monoisotopic (exact) mass is 536 g/mol. The van der Waals surface area contributed by atoms with Gasteiger partial charge in [0.15, 0.2) is 12.6 Å². The summed E-state index contributed by atoms with van der Waals surface area (Å²) in [5.74, 6) is 1.69. The largest absolute Gasteiger partial charge is 0.465 e. The van der Waals surface area contributed by atoms with E-state index >= 15 is 0 Å². The standard InChI is InChI=1S/C30H33BrO4/c1-30(22-8-14-25(31)15-9-22,23-10-16-26(17-11-23)34-28-6-2-4-20-32-28)24-12-18-27(19-13-24)35-29-7-3-5-21-33-29/h8-19,28-29H,2-7,20-21H2,1H3. The molecule has 3 aromatic carbocycles. The molecule has 35 heavy (non-hydrogen) atoms. The fourth-order valence-electron chi connectivity index (χ4n) is 4.93. The molecule has 2 saturated heterocycles. The van der Waals surface area contributed by atoms with E-state index in [1.54, 1.807) is 0 Å². The third-order valence-electron chi connectivity index (χ3n) is 7.10. The summed E-state index contributed by atoms with van der Waals surface area (Å²) < 4.78 is 24.7. The van der Waals surface area contributed by atoms with Gasteiger partial charge in [0.1, 0.15) is 11.5 Å². The van der Waals surface area contributed by atoms with E-state index in [9.17, 15) is 0 Å². The van der Waals surface area contributed by atoms with Crippen LogP contribution in [0, 0.1) is 0 Å². The van der Waals surface area contributed by atoms with E-state index in [1.807, 2.05) is 0 Å². The van der Waals surface area contributed by atoms with Crippen LogP contribution in [0.2, 0.25) is 0 Å². The van der Waals surface area contributed by atoms with Gasteiger partial charge in [0.25, 0.3) is 0 Å². The van der Waals surface area contributed by atoms with E-state index in [0.717, 1.165) is 67.7 Å². The normalized spacial score (nSPS) is 22.2. The van der Waals surface area contributed by atoms with E-state index in [-0.39, 0.29) is 18.0 Å². The fourth-order valence-corrected chi connectivity index (χ4v) is 5.19. The fraction of sp³-hybridized carbons (Fsp3) is 0.400. The lowest BCUT2D eigenvalue weighted by Crippen LogP contribution is -2.26. The maximum absolute atomic E-state index is 6.08. The van der Waals surface area contributed by atoms with Crippen LogP contribution in [-0.4, -0.2) is 25.8 Å². The van der Waals surface area contributed by atoms with Gasteiger partial charge >= 0.3 is 0 Å². The van der Waals surface area contributed by atoms with Crippen LogP contribution in [0.4, 0.5) is 0 Å². The molecule has 5 heteroatoms. The maximum Gasteiger partial charge on any atom is 0.199 e. The molecule has 0 spiro atoms. The molecule has 5 rings (SSSR count). The Bertz CT molecular complexity index is 1000. The molecule has 4 nitrogen and oxygen atoms in total. The number of hydrogen-bond acceptors (Lipinski definition) is 4. The Morgan fingerprint density at radius 2 is 1.03 bits per heavy atom. The summed E-state index contributed by atoms with van der Waals surface area (Å²) in [4.78, 5) is 0. The Morgan fingerprint density at radius 1 is 0.629 bits per heavy atom. The minimum atomic E-state index is -0.347. The molecule has 0 aliphatic carbocycles. The third-order valence-corrected chi connectivity index (χ3v) is 7.62. The van der Waals surface area contributed by atoms with Crippen molar-refractivity contribution in [2.75, 3.05) is 13.2 Å². The van der Waals surface area contributed by atoms with Crippen LogP contribution in [0.3, 0.4) is 0 Å². The Hall–Kier alpha value is -2.34. The summed E-state index contributed by atoms with van der Waals surface area (Å²) >= 11 is 3.58. The first kappa shape index (κ1) is 24.4. The van der Waals surface area contributed by atoms with Gasteiger partial charge in [-0.05, 0) is 85.7 Å². The van der Waals surface area contributed by atoms with Crippen molar-refractivity contribution in [2.24, 2.45) is 0 Å². The summed E-state index contributed by atoms with van der Waals surface area (Å²) in [5, 5.41) is 0. The minimum absolute atomic E-state index is 0.145. The molecule has 2 unspecified atom stereocenters. The predicted octanol–water partition coefficient (Wildman–Crippen LogP) is 7.61. The number of ether oxygens (including phenoxy) is 4. The molecule has 0 N–H and O–H groups in total. The SMILES string of the molecule is CC(c1ccc(Br)cc1)(c1ccc(OC2CCCCO2)cc1)c1ccc(OC2CCCCO2)cc1. The second kappa shape index (κ2) is 11.2. The zero-order valence-electron chi connectivity index (χ0n) is 20.3. The summed E-state index contributed by atoms with van der Waals surface area (Å²) in [5.41, 5.74) is 3.26. The third kappa shape index (κ3) is 5.74.